The topological polar surface area (TPSA) is 105 Å². The summed E-state index contributed by atoms with van der Waals surface area (Å²) >= 11 is 6.65. The molecule has 4 aromatic rings. The van der Waals surface area contributed by atoms with E-state index in [0.29, 0.717) is 40.1 Å². The molecule has 3 N–H and O–H groups in total. The number of aryl methyl sites for hydroxylation is 1. The molecule has 9 nitrogen and oxygen atoms in total. The first kappa shape index (κ1) is 25.2. The minimum Gasteiger partial charge on any atom is -0.324 e. The number of rotatable bonds is 6. The van der Waals surface area contributed by atoms with Crippen LogP contribution in [-0.4, -0.2) is 39.7 Å². The van der Waals surface area contributed by atoms with Crippen molar-refractivity contribution in [2.75, 3.05) is 18.4 Å². The lowest BCUT2D eigenvalue weighted by atomic mass is 10.0. The summed E-state index contributed by atoms with van der Waals surface area (Å²) < 4.78 is 1.65. The number of hydrogen-bond acceptors (Lipinski definition) is 8. The monoisotopic (exact) mass is 541 g/mol. The second kappa shape index (κ2) is 10.6. The lowest BCUT2D eigenvalue weighted by Crippen LogP contribution is -2.22. The van der Waals surface area contributed by atoms with E-state index in [1.165, 1.54) is 11.1 Å². The van der Waals surface area contributed by atoms with Crippen LogP contribution in [0.2, 0.25) is 5.02 Å². The Morgan fingerprint density at radius 2 is 1.95 bits per heavy atom. The van der Waals surface area contributed by atoms with E-state index in [1.807, 2.05) is 38.1 Å². The van der Waals surface area contributed by atoms with Gasteiger partial charge in [-0.25, -0.2) is 20.3 Å². The van der Waals surface area contributed by atoms with Crippen molar-refractivity contribution in [3.8, 4) is 11.1 Å². The molecular weight excluding hydrogens is 514 g/mol. The van der Waals surface area contributed by atoms with E-state index in [0.717, 1.165) is 36.1 Å². The van der Waals surface area contributed by atoms with Gasteiger partial charge < -0.3 is 10.6 Å². The molecule has 39 heavy (non-hydrogen) atoms. The summed E-state index contributed by atoms with van der Waals surface area (Å²) in [5, 5.41) is 7.80. The summed E-state index contributed by atoms with van der Waals surface area (Å²) in [5.41, 5.74) is 8.54. The summed E-state index contributed by atoms with van der Waals surface area (Å²) in [4.78, 5) is 32.4. The Morgan fingerprint density at radius 3 is 2.64 bits per heavy atom. The summed E-state index contributed by atoms with van der Waals surface area (Å²) in [5.74, 6) is 1.03. The van der Waals surface area contributed by atoms with E-state index in [-0.39, 0.29) is 11.8 Å². The van der Waals surface area contributed by atoms with E-state index >= 15 is 0 Å². The molecule has 2 aromatic carbocycles. The maximum Gasteiger partial charge on any atom is 0.260 e. The molecule has 0 fully saturated rings. The number of hydrogen-bond donors (Lipinski definition) is 3. The molecule has 0 amide bonds. The number of hydroxylamine groups is 1. The highest BCUT2D eigenvalue weighted by molar-refractivity contribution is 6.33. The van der Waals surface area contributed by atoms with Gasteiger partial charge in [0.2, 0.25) is 5.95 Å². The minimum absolute atomic E-state index is 0.169. The largest absolute Gasteiger partial charge is 0.324 e. The van der Waals surface area contributed by atoms with Crippen LogP contribution in [-0.2, 0) is 11.4 Å². The molecule has 2 aliphatic heterocycles. The van der Waals surface area contributed by atoms with Crippen molar-refractivity contribution in [2.45, 2.75) is 33.0 Å². The number of nitrogens with zero attached hydrogens (tertiary/aromatic N) is 4. The van der Waals surface area contributed by atoms with Crippen LogP contribution in [0, 0.1) is 0 Å². The lowest BCUT2D eigenvalue weighted by Gasteiger charge is -2.15. The number of aromatic nitrogens is 3. The summed E-state index contributed by atoms with van der Waals surface area (Å²) in [6.45, 7) is 6.11. The van der Waals surface area contributed by atoms with E-state index in [9.17, 15) is 4.79 Å². The van der Waals surface area contributed by atoms with Gasteiger partial charge in [0, 0.05) is 52.1 Å². The molecular formula is C29H28ClN7O2. The van der Waals surface area contributed by atoms with Crippen LogP contribution >= 0.6 is 11.6 Å². The van der Waals surface area contributed by atoms with E-state index in [4.69, 9.17) is 21.4 Å². The average Bonchev–Trinajstić information content (AvgIpc) is 3.40. The van der Waals surface area contributed by atoms with Crippen molar-refractivity contribution in [3.63, 3.8) is 0 Å². The second-order valence-corrected chi connectivity index (χ2v) is 9.86. The quantitative estimate of drug-likeness (QED) is 0.319. The normalized spacial score (nSPS) is 17.1. The lowest BCUT2D eigenvalue weighted by molar-refractivity contribution is 0.0504. The Hall–Kier alpha value is -4.05. The number of fused-ring (bicyclic) bond motifs is 1. The Bertz CT molecular complexity index is 1680. The zero-order chi connectivity index (χ0) is 26.9. The van der Waals surface area contributed by atoms with Crippen LogP contribution in [0.3, 0.4) is 0 Å². The van der Waals surface area contributed by atoms with Gasteiger partial charge in [0.25, 0.3) is 5.56 Å². The third kappa shape index (κ3) is 5.04. The molecule has 0 aliphatic carbocycles. The number of pyridine rings is 1. The van der Waals surface area contributed by atoms with Crippen LogP contribution in [0.1, 0.15) is 31.4 Å². The highest BCUT2D eigenvalue weighted by Crippen LogP contribution is 2.29. The Balaban J connectivity index is 1.31. The average molecular weight is 542 g/mol. The molecule has 4 heterocycles. The number of benzene rings is 2. The fourth-order valence-electron chi connectivity index (χ4n) is 4.88. The first-order valence-corrected chi connectivity index (χ1v) is 13.4. The molecule has 2 aliphatic rings. The van der Waals surface area contributed by atoms with Crippen LogP contribution < -0.4 is 21.7 Å². The van der Waals surface area contributed by atoms with Gasteiger partial charge in [-0.3, -0.25) is 9.36 Å². The van der Waals surface area contributed by atoms with Crippen LogP contribution in [0.25, 0.3) is 27.7 Å². The van der Waals surface area contributed by atoms with Crippen molar-refractivity contribution >= 4 is 45.7 Å². The van der Waals surface area contributed by atoms with Crippen molar-refractivity contribution in [1.82, 2.24) is 25.3 Å². The Kier molecular flexibility index (Phi) is 6.86. The third-order valence-electron chi connectivity index (χ3n) is 6.89. The smallest absolute Gasteiger partial charge is 0.260 e. The fraction of sp³-hybridized carbons (Fsp3) is 0.241. The molecule has 1 unspecified atom stereocenters. The Labute approximate surface area is 230 Å². The molecule has 1 atom stereocenters. The highest BCUT2D eigenvalue weighted by atomic mass is 35.5. The Morgan fingerprint density at radius 1 is 1.13 bits per heavy atom. The molecule has 198 valence electrons. The zero-order valence-corrected chi connectivity index (χ0v) is 22.4. The number of anilines is 2. The standard InChI is InChI=1S/C29H28ClN7O2/c1-3-37-27-21(14-24(28(37)38)23-9-6-20(15-25(23)30)26-33-17(2)39-36-26)16-32-29(35-27)34-22-7-4-18(5-8-22)19-10-12-31-13-11-19/h4-10,14-17,31H,3,11-13H2,1-2H3,(H,33,36)(H,32,34,35). The van der Waals surface area contributed by atoms with Gasteiger partial charge in [0.05, 0.1) is 0 Å². The zero-order valence-electron chi connectivity index (χ0n) is 21.7. The van der Waals surface area contributed by atoms with Gasteiger partial charge in [-0.2, -0.15) is 4.98 Å². The first-order valence-electron chi connectivity index (χ1n) is 13.0. The maximum absolute atomic E-state index is 13.6. The van der Waals surface area contributed by atoms with Gasteiger partial charge in [-0.05, 0) is 62.2 Å². The SMILES string of the molecule is CCn1c(=O)c(-c2ccc(C3=NC(C)ON3)cc2Cl)cc2cnc(Nc3ccc(C4=CCNCC4)cc3)nc21. The predicted octanol–water partition coefficient (Wildman–Crippen LogP) is 4.88. The molecule has 0 saturated heterocycles. The highest BCUT2D eigenvalue weighted by Gasteiger charge is 2.19. The number of aliphatic imine (C=N–C) groups is 1. The van der Waals surface area contributed by atoms with Gasteiger partial charge in [-0.15, -0.1) is 0 Å². The number of amidine groups is 1. The van der Waals surface area contributed by atoms with E-state index in [1.54, 1.807) is 22.9 Å². The maximum atomic E-state index is 13.6. The molecule has 0 bridgehead atoms. The second-order valence-electron chi connectivity index (χ2n) is 9.46. The third-order valence-corrected chi connectivity index (χ3v) is 7.20. The van der Waals surface area contributed by atoms with Crippen LogP contribution in [0.4, 0.5) is 11.6 Å². The molecule has 10 heteroatoms. The number of halogens is 1. The summed E-state index contributed by atoms with van der Waals surface area (Å²) in [6, 6.07) is 15.5. The molecule has 0 saturated carbocycles. The van der Waals surface area contributed by atoms with Crippen LogP contribution in [0.15, 0.2) is 70.6 Å². The van der Waals surface area contributed by atoms with Gasteiger partial charge >= 0.3 is 0 Å². The van der Waals surface area contributed by atoms with Gasteiger partial charge in [0.1, 0.15) is 5.65 Å². The molecule has 6 rings (SSSR count). The van der Waals surface area contributed by atoms with Crippen LogP contribution in [0.5, 0.6) is 0 Å². The molecule has 0 radical (unpaired) electrons. The summed E-state index contributed by atoms with van der Waals surface area (Å²) in [6.07, 6.45) is 4.71. The molecule has 2 aromatic heterocycles. The van der Waals surface area contributed by atoms with Gasteiger partial charge in [-0.1, -0.05) is 41.9 Å². The van der Waals surface area contributed by atoms with E-state index < -0.39 is 0 Å². The van der Waals surface area contributed by atoms with Crippen molar-refractivity contribution < 1.29 is 4.84 Å². The first-order chi connectivity index (χ1) is 19.0. The fourth-order valence-corrected chi connectivity index (χ4v) is 5.16. The van der Waals surface area contributed by atoms with Crippen molar-refractivity contribution in [1.29, 1.82) is 0 Å². The predicted molar refractivity (Wildman–Crippen MR) is 155 cm³/mol. The number of nitrogens with one attached hydrogen (secondary N) is 3. The van der Waals surface area contributed by atoms with E-state index in [2.05, 4.69) is 44.3 Å². The minimum atomic E-state index is -0.272. The van der Waals surface area contributed by atoms with Gasteiger partial charge in [0.15, 0.2) is 12.1 Å². The molecule has 0 spiro atoms. The van der Waals surface area contributed by atoms with Crippen molar-refractivity contribution in [2.24, 2.45) is 4.99 Å². The van der Waals surface area contributed by atoms with Crippen molar-refractivity contribution in [3.05, 3.63) is 87.3 Å². The summed E-state index contributed by atoms with van der Waals surface area (Å²) in [7, 11) is 0.